The molecule has 0 aliphatic carbocycles. The van der Waals surface area contributed by atoms with Crippen LogP contribution in [-0.4, -0.2) is 20.3 Å². The van der Waals surface area contributed by atoms with Crippen molar-refractivity contribution in [3.63, 3.8) is 0 Å². The number of hydrogen-bond acceptors (Lipinski definition) is 3. The van der Waals surface area contributed by atoms with E-state index in [2.05, 4.69) is 15.3 Å². The van der Waals surface area contributed by atoms with Crippen molar-refractivity contribution in [3.05, 3.63) is 84.8 Å². The lowest BCUT2D eigenvalue weighted by Crippen LogP contribution is -2.16. The summed E-state index contributed by atoms with van der Waals surface area (Å²) >= 11 is 0. The lowest BCUT2D eigenvalue weighted by Gasteiger charge is -2.05. The number of aromatic nitrogens is 3. The Hall–Kier alpha value is -3.47. The van der Waals surface area contributed by atoms with Gasteiger partial charge in [0.1, 0.15) is 0 Å². The molecule has 0 radical (unpaired) electrons. The number of rotatable bonds is 4. The van der Waals surface area contributed by atoms with Gasteiger partial charge in [0.05, 0.1) is 12.1 Å². The summed E-state index contributed by atoms with van der Waals surface area (Å²) < 4.78 is 1.87. The number of fused-ring (bicyclic) bond motifs is 1. The molecule has 1 amide bonds. The molecule has 0 aliphatic rings. The van der Waals surface area contributed by atoms with Crippen LogP contribution in [0, 0.1) is 0 Å². The zero-order valence-electron chi connectivity index (χ0n) is 13.5. The average Bonchev–Trinajstić information content (AvgIpc) is 3.09. The smallest absolute Gasteiger partial charge is 0.230 e. The molecule has 5 nitrogen and oxygen atoms in total. The van der Waals surface area contributed by atoms with Crippen LogP contribution in [0.15, 0.2) is 79.3 Å². The molecule has 5 heteroatoms. The Morgan fingerprint density at radius 2 is 1.72 bits per heavy atom. The number of anilines is 1. The fourth-order valence-corrected chi connectivity index (χ4v) is 2.71. The van der Waals surface area contributed by atoms with Gasteiger partial charge in [-0.3, -0.25) is 4.79 Å². The van der Waals surface area contributed by atoms with Gasteiger partial charge in [-0.1, -0.05) is 60.7 Å². The molecule has 0 fully saturated rings. The molecule has 2 aromatic heterocycles. The Morgan fingerprint density at radius 3 is 2.48 bits per heavy atom. The molecule has 0 bridgehead atoms. The average molecular weight is 328 g/mol. The van der Waals surface area contributed by atoms with Gasteiger partial charge in [0.15, 0.2) is 11.5 Å². The fraction of sp³-hybridized carbons (Fsp3) is 0.0500. The number of carbonyl (C=O) groups excluding carboxylic acids is 1. The van der Waals surface area contributed by atoms with Crippen LogP contribution in [0.4, 0.5) is 5.82 Å². The van der Waals surface area contributed by atoms with E-state index in [9.17, 15) is 4.79 Å². The Labute approximate surface area is 145 Å². The predicted molar refractivity (Wildman–Crippen MR) is 97.2 cm³/mol. The first kappa shape index (κ1) is 15.1. The number of hydrogen-bond donors (Lipinski definition) is 1. The summed E-state index contributed by atoms with van der Waals surface area (Å²) in [5, 5.41) is 2.86. The monoisotopic (exact) mass is 328 g/mol. The molecule has 25 heavy (non-hydrogen) atoms. The number of nitrogens with zero attached hydrogens (tertiary/aromatic N) is 3. The zero-order valence-corrected chi connectivity index (χ0v) is 13.5. The van der Waals surface area contributed by atoms with Gasteiger partial charge in [0.25, 0.3) is 0 Å². The highest BCUT2D eigenvalue weighted by Crippen LogP contribution is 2.21. The van der Waals surface area contributed by atoms with E-state index < -0.39 is 0 Å². The van der Waals surface area contributed by atoms with E-state index in [0.717, 1.165) is 16.8 Å². The molecule has 0 spiro atoms. The molecule has 122 valence electrons. The third kappa shape index (κ3) is 3.26. The van der Waals surface area contributed by atoms with E-state index in [1.54, 1.807) is 6.20 Å². The van der Waals surface area contributed by atoms with Crippen molar-refractivity contribution in [1.82, 2.24) is 14.4 Å². The van der Waals surface area contributed by atoms with Crippen LogP contribution in [0.3, 0.4) is 0 Å². The molecule has 1 N–H and O–H groups in total. The number of imidazole rings is 1. The zero-order chi connectivity index (χ0) is 17.1. The third-order valence-corrected chi connectivity index (χ3v) is 3.91. The van der Waals surface area contributed by atoms with Crippen LogP contribution >= 0.6 is 0 Å². The van der Waals surface area contributed by atoms with Gasteiger partial charge >= 0.3 is 0 Å². The number of carbonyl (C=O) groups is 1. The van der Waals surface area contributed by atoms with E-state index in [4.69, 9.17) is 0 Å². The molecule has 0 aliphatic heterocycles. The van der Waals surface area contributed by atoms with Gasteiger partial charge in [0.2, 0.25) is 5.91 Å². The second-order valence-electron chi connectivity index (χ2n) is 5.71. The first-order valence-electron chi connectivity index (χ1n) is 8.02. The molecule has 0 saturated heterocycles. The third-order valence-electron chi connectivity index (χ3n) is 3.91. The number of amides is 1. The molecule has 0 saturated carbocycles. The van der Waals surface area contributed by atoms with Crippen LogP contribution in [-0.2, 0) is 11.2 Å². The Bertz CT molecular complexity index is 1010. The molecule has 2 aromatic carbocycles. The first-order valence-corrected chi connectivity index (χ1v) is 8.02. The molecule has 2 heterocycles. The minimum absolute atomic E-state index is 0.115. The second kappa shape index (κ2) is 6.57. The van der Waals surface area contributed by atoms with E-state index >= 15 is 0 Å². The van der Waals surface area contributed by atoms with Crippen LogP contribution in [0.2, 0.25) is 0 Å². The highest BCUT2D eigenvalue weighted by Gasteiger charge is 2.12. The van der Waals surface area contributed by atoms with Gasteiger partial charge in [-0.05, 0) is 5.56 Å². The molecular formula is C20H16N4O. The largest absolute Gasteiger partial charge is 0.307 e. The summed E-state index contributed by atoms with van der Waals surface area (Å²) in [7, 11) is 0. The van der Waals surface area contributed by atoms with E-state index in [-0.39, 0.29) is 5.91 Å². The van der Waals surface area contributed by atoms with Crippen LogP contribution in [0.5, 0.6) is 0 Å². The van der Waals surface area contributed by atoms with Crippen LogP contribution in [0.25, 0.3) is 16.9 Å². The van der Waals surface area contributed by atoms with Crippen molar-refractivity contribution in [2.45, 2.75) is 6.42 Å². The Morgan fingerprint density at radius 1 is 1.00 bits per heavy atom. The van der Waals surface area contributed by atoms with Crippen molar-refractivity contribution >= 4 is 17.4 Å². The SMILES string of the molecule is O=C(Cc1ccccc1)Nc1nccn2cc(-c3ccccc3)nc12. The van der Waals surface area contributed by atoms with Crippen molar-refractivity contribution in [2.24, 2.45) is 0 Å². The fourth-order valence-electron chi connectivity index (χ4n) is 2.71. The lowest BCUT2D eigenvalue weighted by molar-refractivity contribution is -0.115. The minimum Gasteiger partial charge on any atom is -0.307 e. The summed E-state index contributed by atoms with van der Waals surface area (Å²) in [6.45, 7) is 0. The quantitative estimate of drug-likeness (QED) is 0.623. The predicted octanol–water partition coefficient (Wildman–Crippen LogP) is 3.58. The van der Waals surface area contributed by atoms with Gasteiger partial charge < -0.3 is 9.72 Å². The van der Waals surface area contributed by atoms with Gasteiger partial charge in [0, 0.05) is 24.2 Å². The highest BCUT2D eigenvalue weighted by molar-refractivity contribution is 5.94. The summed E-state index contributed by atoms with van der Waals surface area (Å²) in [5.74, 6) is 0.349. The molecule has 0 atom stereocenters. The van der Waals surface area contributed by atoms with E-state index in [0.29, 0.717) is 17.9 Å². The number of benzene rings is 2. The van der Waals surface area contributed by atoms with Gasteiger partial charge in [-0.25, -0.2) is 9.97 Å². The molecule has 4 rings (SSSR count). The minimum atomic E-state index is -0.115. The lowest BCUT2D eigenvalue weighted by atomic mass is 10.1. The Balaban J connectivity index is 1.61. The first-order chi connectivity index (χ1) is 12.3. The molecule has 0 unspecified atom stereocenters. The summed E-state index contributed by atoms with van der Waals surface area (Å²) in [4.78, 5) is 21.2. The molecule has 4 aromatic rings. The normalized spacial score (nSPS) is 10.7. The summed E-state index contributed by atoms with van der Waals surface area (Å²) in [6, 6.07) is 19.5. The molecular weight excluding hydrogens is 312 g/mol. The van der Waals surface area contributed by atoms with Crippen LogP contribution in [0.1, 0.15) is 5.56 Å². The maximum absolute atomic E-state index is 12.3. The maximum Gasteiger partial charge on any atom is 0.230 e. The van der Waals surface area contributed by atoms with Gasteiger partial charge in [-0.15, -0.1) is 0 Å². The van der Waals surface area contributed by atoms with E-state index in [1.807, 2.05) is 77.5 Å². The van der Waals surface area contributed by atoms with E-state index in [1.165, 1.54) is 0 Å². The summed E-state index contributed by atoms with van der Waals surface area (Å²) in [6.07, 6.45) is 5.71. The van der Waals surface area contributed by atoms with Crippen molar-refractivity contribution in [1.29, 1.82) is 0 Å². The van der Waals surface area contributed by atoms with Crippen LogP contribution < -0.4 is 5.32 Å². The standard InChI is InChI=1S/C20H16N4O/c25-18(13-15-7-3-1-4-8-15)23-19-20-22-17(14-24(20)12-11-21-19)16-9-5-2-6-10-16/h1-12,14H,13H2,(H,21,23,25). The van der Waals surface area contributed by atoms with Gasteiger partial charge in [-0.2, -0.15) is 0 Å². The highest BCUT2D eigenvalue weighted by atomic mass is 16.1. The number of nitrogens with one attached hydrogen (secondary N) is 1. The maximum atomic E-state index is 12.3. The Kier molecular flexibility index (Phi) is 3.96. The van der Waals surface area contributed by atoms with Crippen molar-refractivity contribution < 1.29 is 4.79 Å². The van der Waals surface area contributed by atoms with Crippen molar-refractivity contribution in [2.75, 3.05) is 5.32 Å². The van der Waals surface area contributed by atoms with Crippen molar-refractivity contribution in [3.8, 4) is 11.3 Å². The second-order valence-corrected chi connectivity index (χ2v) is 5.71. The topological polar surface area (TPSA) is 59.3 Å². The summed E-state index contributed by atoms with van der Waals surface area (Å²) in [5.41, 5.74) is 3.45.